The second-order valence-corrected chi connectivity index (χ2v) is 5.29. The van der Waals surface area contributed by atoms with Gasteiger partial charge in [-0.25, -0.2) is 0 Å². The molecule has 4 N–H and O–H groups in total. The third kappa shape index (κ3) is 4.25. The van der Waals surface area contributed by atoms with Gasteiger partial charge in [0.05, 0.1) is 17.0 Å². The van der Waals surface area contributed by atoms with E-state index in [0.717, 1.165) is 4.90 Å². The summed E-state index contributed by atoms with van der Waals surface area (Å²) in [5.74, 6) is -0.448. The maximum atomic E-state index is 11.9. The molecule has 0 saturated heterocycles. The molecule has 0 aliphatic heterocycles. The summed E-state index contributed by atoms with van der Waals surface area (Å²) in [6, 6.07) is 13.2. The molecule has 2 aromatic rings. The molecule has 0 atom stereocenters. The number of para-hydroxylation sites is 1. The average molecular weight is 302 g/mol. The van der Waals surface area contributed by atoms with Gasteiger partial charge in [-0.15, -0.1) is 11.8 Å². The Labute approximate surface area is 126 Å². The number of rotatable bonds is 5. The van der Waals surface area contributed by atoms with Crippen LogP contribution in [0.4, 0.5) is 5.69 Å². The molecule has 6 heteroatoms. The predicted octanol–water partition coefficient (Wildman–Crippen LogP) is 2.22. The van der Waals surface area contributed by atoms with Gasteiger partial charge in [0.15, 0.2) is 0 Å². The Hall–Kier alpha value is -2.47. The van der Waals surface area contributed by atoms with Crippen LogP contribution < -0.4 is 11.1 Å². The van der Waals surface area contributed by atoms with Crippen LogP contribution in [0.2, 0.25) is 0 Å². The van der Waals surface area contributed by atoms with Crippen LogP contribution in [0.5, 0.6) is 5.75 Å². The highest BCUT2D eigenvalue weighted by Crippen LogP contribution is 2.21. The van der Waals surface area contributed by atoms with Crippen LogP contribution in [0.3, 0.4) is 0 Å². The van der Waals surface area contributed by atoms with E-state index in [9.17, 15) is 14.7 Å². The van der Waals surface area contributed by atoms with E-state index >= 15 is 0 Å². The molecule has 0 saturated carbocycles. The zero-order valence-electron chi connectivity index (χ0n) is 11.1. The number of phenolic OH excluding ortho intramolecular Hbond substituents is 1. The molecule has 2 aromatic carbocycles. The highest BCUT2D eigenvalue weighted by molar-refractivity contribution is 8.00. The van der Waals surface area contributed by atoms with Gasteiger partial charge in [0.1, 0.15) is 5.75 Å². The van der Waals surface area contributed by atoms with Gasteiger partial charge in [-0.05, 0) is 36.4 Å². The van der Waals surface area contributed by atoms with Gasteiger partial charge in [-0.2, -0.15) is 0 Å². The van der Waals surface area contributed by atoms with Crippen molar-refractivity contribution in [3.05, 3.63) is 54.1 Å². The monoisotopic (exact) mass is 302 g/mol. The number of nitrogens with two attached hydrogens (primary N) is 1. The van der Waals surface area contributed by atoms with Crippen molar-refractivity contribution < 1.29 is 14.7 Å². The first-order chi connectivity index (χ1) is 10.1. The molecule has 0 fully saturated rings. The molecule has 0 aromatic heterocycles. The largest absolute Gasteiger partial charge is 0.508 e. The van der Waals surface area contributed by atoms with Crippen LogP contribution in [0, 0.1) is 0 Å². The summed E-state index contributed by atoms with van der Waals surface area (Å²) < 4.78 is 0. The molecule has 0 aliphatic rings. The first kappa shape index (κ1) is 14.9. The van der Waals surface area contributed by atoms with Crippen LogP contribution in [-0.4, -0.2) is 22.7 Å². The minimum absolute atomic E-state index is 0.180. The number of hydrogen-bond acceptors (Lipinski definition) is 4. The maximum Gasteiger partial charge on any atom is 0.250 e. The number of phenols is 1. The van der Waals surface area contributed by atoms with Gasteiger partial charge in [-0.1, -0.05) is 12.1 Å². The Morgan fingerprint density at radius 2 is 1.76 bits per heavy atom. The van der Waals surface area contributed by atoms with E-state index in [4.69, 9.17) is 5.73 Å². The SMILES string of the molecule is NC(=O)c1ccccc1NC(=O)CSc1ccc(O)cc1. The minimum Gasteiger partial charge on any atom is -0.508 e. The quantitative estimate of drug-likeness (QED) is 0.738. The summed E-state index contributed by atoms with van der Waals surface area (Å²) in [4.78, 5) is 24.0. The van der Waals surface area contributed by atoms with Crippen molar-refractivity contribution in [1.82, 2.24) is 0 Å². The fourth-order valence-electron chi connectivity index (χ4n) is 1.68. The molecule has 0 radical (unpaired) electrons. The van der Waals surface area contributed by atoms with Crippen molar-refractivity contribution in [2.75, 3.05) is 11.1 Å². The lowest BCUT2D eigenvalue weighted by molar-refractivity contribution is -0.113. The van der Waals surface area contributed by atoms with E-state index in [0.29, 0.717) is 5.69 Å². The molecule has 5 nitrogen and oxygen atoms in total. The van der Waals surface area contributed by atoms with E-state index in [2.05, 4.69) is 5.32 Å². The zero-order valence-corrected chi connectivity index (χ0v) is 11.9. The predicted molar refractivity (Wildman–Crippen MR) is 82.4 cm³/mol. The van der Waals surface area contributed by atoms with Crippen molar-refractivity contribution in [1.29, 1.82) is 0 Å². The lowest BCUT2D eigenvalue weighted by Gasteiger charge is -2.08. The molecule has 0 spiro atoms. The lowest BCUT2D eigenvalue weighted by Crippen LogP contribution is -2.19. The Balaban J connectivity index is 1.96. The van der Waals surface area contributed by atoms with E-state index in [1.807, 2.05) is 0 Å². The van der Waals surface area contributed by atoms with Gasteiger partial charge in [0, 0.05) is 4.90 Å². The minimum atomic E-state index is -0.586. The molecule has 0 unspecified atom stereocenters. The number of carbonyl (C=O) groups is 2. The number of benzene rings is 2. The van der Waals surface area contributed by atoms with Gasteiger partial charge in [-0.3, -0.25) is 9.59 Å². The molecule has 0 heterocycles. The summed E-state index contributed by atoms with van der Waals surface area (Å²) >= 11 is 1.33. The summed E-state index contributed by atoms with van der Waals surface area (Å²) in [6.07, 6.45) is 0. The van der Waals surface area contributed by atoms with E-state index in [1.54, 1.807) is 48.5 Å². The number of nitrogens with one attached hydrogen (secondary N) is 1. The van der Waals surface area contributed by atoms with Crippen LogP contribution in [0.25, 0.3) is 0 Å². The van der Waals surface area contributed by atoms with Crippen LogP contribution in [0.15, 0.2) is 53.4 Å². The molecule has 2 amide bonds. The fraction of sp³-hybridized carbons (Fsp3) is 0.0667. The van der Waals surface area contributed by atoms with E-state index in [-0.39, 0.29) is 23.0 Å². The van der Waals surface area contributed by atoms with Crippen LogP contribution >= 0.6 is 11.8 Å². The van der Waals surface area contributed by atoms with E-state index < -0.39 is 5.91 Å². The normalized spacial score (nSPS) is 10.1. The standard InChI is InChI=1S/C15H14N2O3S/c16-15(20)12-3-1-2-4-13(12)17-14(19)9-21-11-7-5-10(18)6-8-11/h1-8,18H,9H2,(H2,16,20)(H,17,19). The molecular formula is C15H14N2O3S. The van der Waals surface area contributed by atoms with Gasteiger partial charge in [0.25, 0.3) is 5.91 Å². The maximum absolute atomic E-state index is 11.9. The van der Waals surface area contributed by atoms with Crippen molar-refractivity contribution in [2.24, 2.45) is 5.73 Å². The highest BCUT2D eigenvalue weighted by Gasteiger charge is 2.10. The number of thioether (sulfide) groups is 1. The summed E-state index contributed by atoms with van der Waals surface area (Å²) in [7, 11) is 0. The van der Waals surface area contributed by atoms with E-state index in [1.165, 1.54) is 11.8 Å². The molecule has 21 heavy (non-hydrogen) atoms. The van der Waals surface area contributed by atoms with Crippen LogP contribution in [-0.2, 0) is 4.79 Å². The number of primary amides is 1. The molecule has 0 bridgehead atoms. The lowest BCUT2D eigenvalue weighted by atomic mass is 10.1. The van der Waals surface area contributed by atoms with Crippen molar-refractivity contribution >= 4 is 29.3 Å². The summed E-state index contributed by atoms with van der Waals surface area (Å²) in [6.45, 7) is 0. The zero-order chi connectivity index (χ0) is 15.2. The van der Waals surface area contributed by atoms with Crippen molar-refractivity contribution in [3.63, 3.8) is 0 Å². The number of amides is 2. The third-order valence-electron chi connectivity index (χ3n) is 2.67. The first-order valence-electron chi connectivity index (χ1n) is 6.17. The fourth-order valence-corrected chi connectivity index (χ4v) is 2.38. The average Bonchev–Trinajstić information content (AvgIpc) is 2.47. The number of carbonyl (C=O) groups excluding carboxylic acids is 2. The molecular weight excluding hydrogens is 288 g/mol. The smallest absolute Gasteiger partial charge is 0.250 e. The Morgan fingerprint density at radius 3 is 2.43 bits per heavy atom. The van der Waals surface area contributed by atoms with Crippen molar-refractivity contribution in [2.45, 2.75) is 4.90 Å². The Morgan fingerprint density at radius 1 is 1.10 bits per heavy atom. The molecule has 0 aliphatic carbocycles. The second-order valence-electron chi connectivity index (χ2n) is 4.24. The summed E-state index contributed by atoms with van der Waals surface area (Å²) in [5, 5.41) is 11.8. The third-order valence-corrected chi connectivity index (χ3v) is 3.69. The topological polar surface area (TPSA) is 92.4 Å². The molecule has 108 valence electrons. The number of hydrogen-bond donors (Lipinski definition) is 3. The Bertz CT molecular complexity index is 656. The van der Waals surface area contributed by atoms with Gasteiger partial charge in [0.2, 0.25) is 5.91 Å². The van der Waals surface area contributed by atoms with Gasteiger partial charge >= 0.3 is 0 Å². The number of anilines is 1. The number of aromatic hydroxyl groups is 1. The van der Waals surface area contributed by atoms with Gasteiger partial charge < -0.3 is 16.2 Å². The van der Waals surface area contributed by atoms with Crippen LogP contribution in [0.1, 0.15) is 10.4 Å². The van der Waals surface area contributed by atoms with Crippen molar-refractivity contribution in [3.8, 4) is 5.75 Å². The Kier molecular flexibility index (Phi) is 4.84. The summed E-state index contributed by atoms with van der Waals surface area (Å²) in [5.41, 5.74) is 5.93. The first-order valence-corrected chi connectivity index (χ1v) is 7.15. The highest BCUT2D eigenvalue weighted by atomic mass is 32.2. The second kappa shape index (κ2) is 6.81. The molecule has 2 rings (SSSR count).